The van der Waals surface area contributed by atoms with E-state index in [-0.39, 0.29) is 36.7 Å². The molecule has 52 heavy (non-hydrogen) atoms. The van der Waals surface area contributed by atoms with Gasteiger partial charge in [0, 0.05) is 43.1 Å². The quantitative estimate of drug-likeness (QED) is 0.0569. The molecule has 2 amide bonds. The van der Waals surface area contributed by atoms with Crippen LogP contribution >= 0.6 is 0 Å². The Morgan fingerprint density at radius 1 is 0.808 bits per heavy atom. The van der Waals surface area contributed by atoms with Crippen LogP contribution < -0.4 is 16.4 Å². The van der Waals surface area contributed by atoms with Crippen LogP contribution in [0.2, 0.25) is 0 Å². The molecule has 0 aliphatic carbocycles. The summed E-state index contributed by atoms with van der Waals surface area (Å²) in [4.78, 5) is 27.0. The van der Waals surface area contributed by atoms with E-state index in [2.05, 4.69) is 15.5 Å². The standard InChI is InChI=1S/C42H52N4O6/c1-29(41(50)32-12-6-5-7-13-32)46(2)27-35-26-38(31-20-18-30(28-47)19-21-31)52-42(51-35)33-22-24-34(25-23-33)44-39(48)16-8-3-4-9-17-40(49)45-37-15-11-10-14-36(37)43/h5-7,10-15,18-25,29,35,38,41-42,47,50H,3-4,8-9,16-17,26-28,43H2,1-2H3,(H,44,48)(H,45,49)/t29-,35+,38-,41-,42-/m1/s1. The fraction of sp³-hybridized carbons (Fsp3) is 0.381. The molecular weight excluding hydrogens is 656 g/mol. The predicted octanol–water partition coefficient (Wildman–Crippen LogP) is 7.28. The molecule has 4 aromatic rings. The molecule has 1 aliphatic heterocycles. The van der Waals surface area contributed by atoms with Crippen LogP contribution in [0, 0.1) is 0 Å². The van der Waals surface area contributed by atoms with Gasteiger partial charge in [-0.25, -0.2) is 0 Å². The van der Waals surface area contributed by atoms with Crippen molar-refractivity contribution >= 4 is 28.9 Å². The first kappa shape index (κ1) is 38.6. The Morgan fingerprint density at radius 3 is 2.08 bits per heavy atom. The van der Waals surface area contributed by atoms with Gasteiger partial charge in [0.1, 0.15) is 0 Å². The summed E-state index contributed by atoms with van der Waals surface area (Å²) in [6, 6.07) is 32.0. The van der Waals surface area contributed by atoms with Crippen molar-refractivity contribution in [3.05, 3.63) is 125 Å². The molecule has 5 rings (SSSR count). The zero-order valence-electron chi connectivity index (χ0n) is 30.1. The number of anilines is 3. The van der Waals surface area contributed by atoms with E-state index < -0.39 is 12.4 Å². The minimum atomic E-state index is -0.648. The van der Waals surface area contributed by atoms with Crippen molar-refractivity contribution < 1.29 is 29.3 Å². The lowest BCUT2D eigenvalue weighted by molar-refractivity contribution is -0.253. The number of para-hydroxylation sites is 2. The molecule has 276 valence electrons. The van der Waals surface area contributed by atoms with Crippen LogP contribution in [0.3, 0.4) is 0 Å². The fourth-order valence-corrected chi connectivity index (χ4v) is 6.39. The van der Waals surface area contributed by atoms with Gasteiger partial charge in [0.2, 0.25) is 11.8 Å². The molecule has 0 bridgehead atoms. The first-order valence-corrected chi connectivity index (χ1v) is 18.2. The average Bonchev–Trinajstić information content (AvgIpc) is 3.17. The number of aliphatic hydroxyl groups excluding tert-OH is 2. The number of likely N-dealkylation sites (N-methyl/N-ethyl adjacent to an activating group) is 1. The van der Waals surface area contributed by atoms with Crippen molar-refractivity contribution in [3.8, 4) is 0 Å². The molecule has 0 radical (unpaired) electrons. The van der Waals surface area contributed by atoms with Crippen molar-refractivity contribution in [2.75, 3.05) is 30.0 Å². The zero-order valence-corrected chi connectivity index (χ0v) is 30.1. The van der Waals surface area contributed by atoms with Crippen LogP contribution in [0.1, 0.15) is 92.6 Å². The number of nitrogens with one attached hydrogen (secondary N) is 2. The van der Waals surface area contributed by atoms with Crippen molar-refractivity contribution in [3.63, 3.8) is 0 Å². The molecule has 4 aromatic carbocycles. The lowest BCUT2D eigenvalue weighted by atomic mass is 9.98. The maximum Gasteiger partial charge on any atom is 0.224 e. The number of nitrogens with two attached hydrogens (primary N) is 1. The number of carbonyl (C=O) groups is 2. The highest BCUT2D eigenvalue weighted by Gasteiger charge is 2.34. The summed E-state index contributed by atoms with van der Waals surface area (Å²) in [5, 5.41) is 26.4. The molecule has 0 spiro atoms. The van der Waals surface area contributed by atoms with Gasteiger partial charge >= 0.3 is 0 Å². The molecule has 10 heteroatoms. The number of nitrogens with zero attached hydrogens (tertiary/aromatic N) is 1. The third-order valence-electron chi connectivity index (χ3n) is 9.66. The first-order valence-electron chi connectivity index (χ1n) is 18.2. The van der Waals surface area contributed by atoms with E-state index >= 15 is 0 Å². The normalized spacial score (nSPS) is 18.4. The SMILES string of the molecule is C[C@H]([C@@H](O)c1ccccc1)N(C)C[C@@H]1C[C@H](c2ccc(CO)cc2)O[C@H](c2ccc(NC(=O)CCCCCCC(=O)Nc3ccccc3N)cc2)O1. The van der Waals surface area contributed by atoms with E-state index in [1.807, 2.05) is 105 Å². The van der Waals surface area contributed by atoms with Crippen LogP contribution in [0.25, 0.3) is 0 Å². The minimum Gasteiger partial charge on any atom is -0.397 e. The van der Waals surface area contributed by atoms with Gasteiger partial charge in [-0.2, -0.15) is 0 Å². The highest BCUT2D eigenvalue weighted by molar-refractivity contribution is 5.93. The van der Waals surface area contributed by atoms with E-state index in [1.165, 1.54) is 0 Å². The predicted molar refractivity (Wildman–Crippen MR) is 204 cm³/mol. The van der Waals surface area contributed by atoms with E-state index in [0.717, 1.165) is 47.9 Å². The van der Waals surface area contributed by atoms with Crippen LogP contribution in [-0.2, 0) is 25.7 Å². The molecule has 0 unspecified atom stereocenters. The Labute approximate surface area is 307 Å². The van der Waals surface area contributed by atoms with Crippen LogP contribution in [0.5, 0.6) is 0 Å². The van der Waals surface area contributed by atoms with E-state index in [9.17, 15) is 19.8 Å². The van der Waals surface area contributed by atoms with Crippen molar-refractivity contribution in [1.82, 2.24) is 4.90 Å². The number of rotatable bonds is 17. The monoisotopic (exact) mass is 708 g/mol. The molecule has 1 saturated heterocycles. The number of hydrogen-bond donors (Lipinski definition) is 5. The molecule has 1 aliphatic rings. The fourth-order valence-electron chi connectivity index (χ4n) is 6.39. The van der Waals surface area contributed by atoms with Gasteiger partial charge in [-0.1, -0.05) is 91.7 Å². The summed E-state index contributed by atoms with van der Waals surface area (Å²) in [5.41, 5.74) is 11.3. The lowest BCUT2D eigenvalue weighted by Gasteiger charge is -2.39. The zero-order chi connectivity index (χ0) is 36.9. The maximum absolute atomic E-state index is 12.7. The van der Waals surface area contributed by atoms with Gasteiger partial charge in [-0.15, -0.1) is 0 Å². The molecule has 0 saturated carbocycles. The maximum atomic E-state index is 12.7. The largest absolute Gasteiger partial charge is 0.397 e. The summed E-state index contributed by atoms with van der Waals surface area (Å²) >= 11 is 0. The summed E-state index contributed by atoms with van der Waals surface area (Å²) in [6.45, 7) is 2.57. The van der Waals surface area contributed by atoms with E-state index in [1.54, 1.807) is 12.1 Å². The minimum absolute atomic E-state index is 0.0261. The van der Waals surface area contributed by atoms with Gasteiger partial charge in [0.05, 0.1) is 36.3 Å². The Balaban J connectivity index is 1.12. The molecule has 1 fully saturated rings. The van der Waals surface area contributed by atoms with E-state index in [4.69, 9.17) is 15.2 Å². The highest BCUT2D eigenvalue weighted by Crippen LogP contribution is 2.39. The second kappa shape index (κ2) is 19.3. The Kier molecular flexibility index (Phi) is 14.4. The smallest absolute Gasteiger partial charge is 0.224 e. The second-order valence-corrected chi connectivity index (χ2v) is 13.6. The van der Waals surface area contributed by atoms with Gasteiger partial charge in [0.25, 0.3) is 0 Å². The summed E-state index contributed by atoms with van der Waals surface area (Å²) in [7, 11) is 2.00. The summed E-state index contributed by atoms with van der Waals surface area (Å²) in [5.74, 6) is -0.122. The Bertz CT molecular complexity index is 1700. The molecule has 10 nitrogen and oxygen atoms in total. The first-order chi connectivity index (χ1) is 25.2. The Morgan fingerprint density at radius 2 is 1.42 bits per heavy atom. The number of carbonyl (C=O) groups excluding carboxylic acids is 2. The second-order valence-electron chi connectivity index (χ2n) is 13.6. The number of benzene rings is 4. The van der Waals surface area contributed by atoms with Crippen molar-refractivity contribution in [2.24, 2.45) is 0 Å². The third-order valence-corrected chi connectivity index (χ3v) is 9.66. The van der Waals surface area contributed by atoms with Crippen LogP contribution in [0.4, 0.5) is 17.1 Å². The van der Waals surface area contributed by atoms with Crippen molar-refractivity contribution in [1.29, 1.82) is 0 Å². The molecule has 5 atom stereocenters. The molecule has 6 N–H and O–H groups in total. The number of unbranched alkanes of at least 4 members (excludes halogenated alkanes) is 3. The van der Waals surface area contributed by atoms with Gasteiger partial charge in [-0.05, 0) is 67.8 Å². The summed E-state index contributed by atoms with van der Waals surface area (Å²) in [6.07, 6.45) is 2.91. The number of hydrogen-bond acceptors (Lipinski definition) is 8. The number of amides is 2. The Hall–Kier alpha value is -4.58. The number of ether oxygens (including phenoxy) is 2. The molecular formula is C42H52N4O6. The third kappa shape index (κ3) is 11.2. The highest BCUT2D eigenvalue weighted by atomic mass is 16.7. The summed E-state index contributed by atoms with van der Waals surface area (Å²) < 4.78 is 13.0. The number of aliphatic hydroxyl groups is 2. The van der Waals surface area contributed by atoms with Gasteiger partial charge < -0.3 is 36.1 Å². The van der Waals surface area contributed by atoms with Gasteiger partial charge in [-0.3, -0.25) is 14.5 Å². The van der Waals surface area contributed by atoms with Gasteiger partial charge in [0.15, 0.2) is 6.29 Å². The van der Waals surface area contributed by atoms with Crippen molar-refractivity contribution in [2.45, 2.75) is 89.1 Å². The lowest BCUT2D eigenvalue weighted by Crippen LogP contribution is -2.43. The molecule has 1 heterocycles. The van der Waals surface area contributed by atoms with Crippen LogP contribution in [-0.4, -0.2) is 52.7 Å². The average molecular weight is 709 g/mol. The molecule has 0 aromatic heterocycles. The van der Waals surface area contributed by atoms with E-state index in [0.29, 0.717) is 42.9 Å². The number of nitrogen functional groups attached to an aromatic ring is 1. The van der Waals surface area contributed by atoms with Crippen LogP contribution in [0.15, 0.2) is 103 Å². The topological polar surface area (TPSA) is 146 Å².